The van der Waals surface area contributed by atoms with Crippen molar-refractivity contribution in [1.82, 2.24) is 9.55 Å². The van der Waals surface area contributed by atoms with Crippen molar-refractivity contribution >= 4 is 11.9 Å². The maximum absolute atomic E-state index is 12.0. The minimum Gasteiger partial charge on any atom is -0.466 e. The Morgan fingerprint density at radius 2 is 1.91 bits per heavy atom. The Kier molecular flexibility index (Phi) is 8.99. The quantitative estimate of drug-likeness (QED) is 0.609. The van der Waals surface area contributed by atoms with Gasteiger partial charge in [-0.15, -0.1) is 0 Å². The number of rotatable bonds is 5. The van der Waals surface area contributed by atoms with Gasteiger partial charge in [-0.3, -0.25) is 0 Å². The second kappa shape index (κ2) is 9.87. The van der Waals surface area contributed by atoms with E-state index in [2.05, 4.69) is 9.72 Å². The van der Waals surface area contributed by atoms with Crippen molar-refractivity contribution in [2.45, 2.75) is 13.0 Å². The molecule has 0 fully saturated rings. The molecule has 0 aliphatic carbocycles. The van der Waals surface area contributed by atoms with E-state index in [1.54, 1.807) is 10.9 Å². The molecule has 0 spiro atoms. The molecule has 1 aromatic carbocycles. The molecule has 2 rings (SSSR count). The summed E-state index contributed by atoms with van der Waals surface area (Å²) in [5.74, 6) is -1.22. The summed E-state index contributed by atoms with van der Waals surface area (Å²) in [6, 6.07) is 9.64. The van der Waals surface area contributed by atoms with Crippen molar-refractivity contribution in [3.63, 3.8) is 0 Å². The Morgan fingerprint density at radius 1 is 1.26 bits per heavy atom. The zero-order valence-electron chi connectivity index (χ0n) is 13.3. The first-order valence-corrected chi connectivity index (χ1v) is 6.44. The molecule has 1 radical (unpaired) electrons. The second-order valence-corrected chi connectivity index (χ2v) is 4.43. The molecule has 0 unspecified atom stereocenters. The van der Waals surface area contributed by atoms with E-state index >= 15 is 0 Å². The predicted molar refractivity (Wildman–Crippen MR) is 81.2 cm³/mol. The molecule has 1 heterocycles. The van der Waals surface area contributed by atoms with Crippen LogP contribution in [0.5, 0.6) is 0 Å². The average molecular weight is 354 g/mol. The summed E-state index contributed by atoms with van der Waals surface area (Å²) in [6.07, 6.45) is 2.98. The zero-order valence-corrected chi connectivity index (χ0v) is 14.7. The molecular formula is C16H19N2O4V-. The van der Waals surface area contributed by atoms with E-state index in [9.17, 15) is 9.59 Å². The van der Waals surface area contributed by atoms with E-state index < -0.39 is 18.5 Å². The Morgan fingerprint density at radius 3 is 2.52 bits per heavy atom. The first-order valence-electron chi connectivity index (χ1n) is 6.44. The molecule has 123 valence electrons. The molecule has 1 atom stereocenters. The van der Waals surface area contributed by atoms with Crippen LogP contribution >= 0.6 is 0 Å². The third kappa shape index (κ3) is 5.26. The summed E-state index contributed by atoms with van der Waals surface area (Å²) in [4.78, 5) is 27.0. The second-order valence-electron chi connectivity index (χ2n) is 4.43. The van der Waals surface area contributed by atoms with Gasteiger partial charge in [-0.2, -0.15) is 0 Å². The van der Waals surface area contributed by atoms with Gasteiger partial charge >= 0.3 is 11.9 Å². The SMILES string of the molecule is COC(=O)COC(=O)c1cncn1[C@H](C)c1ccccc1.[CH3-].[V]. The van der Waals surface area contributed by atoms with Gasteiger partial charge in [-0.1, -0.05) is 30.3 Å². The number of aromatic nitrogens is 2. The smallest absolute Gasteiger partial charge is 0.357 e. The molecule has 2 aromatic rings. The van der Waals surface area contributed by atoms with Crippen molar-refractivity contribution < 1.29 is 37.6 Å². The number of imidazole rings is 1. The van der Waals surface area contributed by atoms with Crippen LogP contribution < -0.4 is 0 Å². The largest absolute Gasteiger partial charge is 0.466 e. The molecule has 6 nitrogen and oxygen atoms in total. The van der Waals surface area contributed by atoms with Gasteiger partial charge in [0, 0.05) is 18.6 Å². The summed E-state index contributed by atoms with van der Waals surface area (Å²) in [5, 5.41) is 0. The van der Waals surface area contributed by atoms with Crippen LogP contribution in [0, 0.1) is 7.43 Å². The number of carbonyl (C=O) groups excluding carboxylic acids is 2. The number of ether oxygens (including phenoxy) is 2. The standard InChI is InChI=1S/C15H16N2O4.CH3.V/c1-11(12-6-4-3-5-7-12)17-10-16-8-13(17)15(19)21-9-14(18)20-2;;/h3-8,10-11H,9H2,1-2H3;1H3;/q;-1;/t11-;;/m1../s1. The van der Waals surface area contributed by atoms with Gasteiger partial charge in [-0.05, 0) is 12.5 Å². The molecule has 0 amide bonds. The van der Waals surface area contributed by atoms with Crippen molar-refractivity contribution in [2.24, 2.45) is 0 Å². The summed E-state index contributed by atoms with van der Waals surface area (Å²) < 4.78 is 11.0. The van der Waals surface area contributed by atoms with Crippen LogP contribution in [0.15, 0.2) is 42.9 Å². The summed E-state index contributed by atoms with van der Waals surface area (Å²) in [5.41, 5.74) is 1.33. The number of carbonyl (C=O) groups is 2. The van der Waals surface area contributed by atoms with Gasteiger partial charge in [0.2, 0.25) is 0 Å². The zero-order chi connectivity index (χ0) is 15.2. The summed E-state index contributed by atoms with van der Waals surface area (Å²) in [7, 11) is 1.23. The van der Waals surface area contributed by atoms with E-state index in [0.717, 1.165) is 5.56 Å². The summed E-state index contributed by atoms with van der Waals surface area (Å²) >= 11 is 0. The van der Waals surface area contributed by atoms with Crippen LogP contribution in [0.4, 0.5) is 0 Å². The van der Waals surface area contributed by atoms with Crippen LogP contribution in [0.3, 0.4) is 0 Å². The number of esters is 2. The Bertz CT molecular complexity index is 628. The minimum absolute atomic E-state index is 0. The number of nitrogens with zero attached hydrogens (tertiary/aromatic N) is 2. The number of hydrogen-bond donors (Lipinski definition) is 0. The molecular weight excluding hydrogens is 335 g/mol. The van der Waals surface area contributed by atoms with Crippen molar-refractivity contribution in [1.29, 1.82) is 0 Å². The molecule has 1 aromatic heterocycles. The van der Waals surface area contributed by atoms with Crippen LogP contribution in [-0.2, 0) is 32.8 Å². The monoisotopic (exact) mass is 354 g/mol. The molecule has 0 aliphatic rings. The molecule has 0 bridgehead atoms. The topological polar surface area (TPSA) is 70.4 Å². The first kappa shape index (κ1) is 21.0. The normalized spacial score (nSPS) is 10.7. The van der Waals surface area contributed by atoms with Crippen LogP contribution in [-0.4, -0.2) is 35.2 Å². The van der Waals surface area contributed by atoms with Crippen molar-refractivity contribution in [3.05, 3.63) is 61.5 Å². The van der Waals surface area contributed by atoms with Gasteiger partial charge < -0.3 is 21.5 Å². The predicted octanol–water partition coefficient (Wildman–Crippen LogP) is 2.27. The first-order chi connectivity index (χ1) is 10.1. The third-order valence-electron chi connectivity index (χ3n) is 3.12. The van der Waals surface area contributed by atoms with Gasteiger partial charge in [0.05, 0.1) is 25.7 Å². The fourth-order valence-electron chi connectivity index (χ4n) is 1.92. The van der Waals surface area contributed by atoms with Gasteiger partial charge in [0.15, 0.2) is 6.61 Å². The molecule has 23 heavy (non-hydrogen) atoms. The van der Waals surface area contributed by atoms with Crippen LogP contribution in [0.1, 0.15) is 29.0 Å². The van der Waals surface area contributed by atoms with Gasteiger partial charge in [0.1, 0.15) is 5.69 Å². The van der Waals surface area contributed by atoms with Crippen LogP contribution in [0.25, 0.3) is 0 Å². The van der Waals surface area contributed by atoms with E-state index in [0.29, 0.717) is 0 Å². The Hall–Kier alpha value is -2.05. The van der Waals surface area contributed by atoms with E-state index in [-0.39, 0.29) is 37.7 Å². The number of methoxy groups -OCH3 is 1. The van der Waals surface area contributed by atoms with Crippen molar-refractivity contribution in [3.8, 4) is 0 Å². The Labute approximate surface area is 147 Å². The summed E-state index contributed by atoms with van der Waals surface area (Å²) in [6.45, 7) is 1.54. The van der Waals surface area contributed by atoms with E-state index in [1.807, 2.05) is 37.3 Å². The molecule has 0 saturated heterocycles. The molecule has 0 N–H and O–H groups in total. The fourth-order valence-corrected chi connectivity index (χ4v) is 1.92. The third-order valence-corrected chi connectivity index (χ3v) is 3.12. The van der Waals surface area contributed by atoms with E-state index in [4.69, 9.17) is 4.74 Å². The molecule has 0 saturated carbocycles. The minimum atomic E-state index is -0.610. The average Bonchev–Trinajstić information content (AvgIpc) is 3.01. The Balaban J connectivity index is 0.00000242. The van der Waals surface area contributed by atoms with Crippen molar-refractivity contribution in [2.75, 3.05) is 13.7 Å². The maximum atomic E-state index is 12.0. The number of benzene rings is 1. The maximum Gasteiger partial charge on any atom is 0.357 e. The fraction of sp³-hybridized carbons (Fsp3) is 0.250. The number of hydrogen-bond acceptors (Lipinski definition) is 5. The molecule has 0 aliphatic heterocycles. The van der Waals surface area contributed by atoms with Crippen LogP contribution in [0.2, 0.25) is 0 Å². The van der Waals surface area contributed by atoms with E-state index in [1.165, 1.54) is 13.3 Å². The molecule has 7 heteroatoms. The van der Waals surface area contributed by atoms with Gasteiger partial charge in [0.25, 0.3) is 0 Å². The van der Waals surface area contributed by atoms with Gasteiger partial charge in [-0.25, -0.2) is 14.6 Å².